The number of carbonyl (C=O) groups is 1. The molecule has 0 spiro atoms. The van der Waals surface area contributed by atoms with Crippen molar-refractivity contribution in [2.75, 3.05) is 67.5 Å². The van der Waals surface area contributed by atoms with Crippen molar-refractivity contribution in [3.8, 4) is 11.5 Å². The molecule has 5 aromatic rings. The minimum Gasteiger partial charge on any atom is -0.415 e. The van der Waals surface area contributed by atoms with Gasteiger partial charge in [-0.1, -0.05) is 23.2 Å². The lowest BCUT2D eigenvalue weighted by molar-refractivity contribution is 0.100. The molecule has 17 nitrogen and oxygen atoms in total. The summed E-state index contributed by atoms with van der Waals surface area (Å²) in [4.78, 5) is 24.6. The van der Waals surface area contributed by atoms with Crippen LogP contribution >= 0.6 is 23.2 Å². The van der Waals surface area contributed by atoms with Gasteiger partial charge < -0.3 is 10.2 Å². The van der Waals surface area contributed by atoms with Crippen molar-refractivity contribution in [3.05, 3.63) is 118 Å². The van der Waals surface area contributed by atoms with E-state index >= 15 is 0 Å². The predicted octanol–water partition coefficient (Wildman–Crippen LogP) is 6.43. The van der Waals surface area contributed by atoms with Gasteiger partial charge in [0.2, 0.25) is 5.89 Å². The Kier molecular flexibility index (Phi) is 17.5. The van der Waals surface area contributed by atoms with E-state index in [1.165, 1.54) is 57.4 Å². The Hall–Kier alpha value is -4.85. The molecule has 0 atom stereocenters. The van der Waals surface area contributed by atoms with E-state index in [0.717, 1.165) is 20.7 Å². The molecule has 0 bridgehead atoms. The maximum Gasteiger partial charge on any atom is 0.314 e. The number of nitrogens with zero attached hydrogens (tertiary/aromatic N) is 10. The van der Waals surface area contributed by atoms with E-state index < -0.39 is 44.4 Å². The molecule has 5 heterocycles. The quantitative estimate of drug-likeness (QED) is 0.0840. The Morgan fingerprint density at radius 3 is 1.50 bits per heavy atom. The fourth-order valence-corrected chi connectivity index (χ4v) is 10.8. The van der Waals surface area contributed by atoms with E-state index in [9.17, 15) is 39.2 Å². The first kappa shape index (κ1) is 52.5. The van der Waals surface area contributed by atoms with Gasteiger partial charge in [0.15, 0.2) is 5.78 Å². The molecule has 68 heavy (non-hydrogen) atoms. The minimum absolute atomic E-state index is 0.105. The summed E-state index contributed by atoms with van der Waals surface area (Å²) < 4.78 is 118. The molecule has 2 saturated heterocycles. The second-order valence-electron chi connectivity index (χ2n) is 16.2. The van der Waals surface area contributed by atoms with Gasteiger partial charge in [-0.3, -0.25) is 33.2 Å². The summed E-state index contributed by atoms with van der Waals surface area (Å²) in [5.41, 5.74) is 7.19. The monoisotopic (exact) mass is 1030 g/mol. The molecular formula is C43H51Cl2F4N11O6S2. The number of anilines is 2. The van der Waals surface area contributed by atoms with Crippen molar-refractivity contribution in [1.82, 2.24) is 38.6 Å². The topological polar surface area (TPSA) is 196 Å². The third-order valence-corrected chi connectivity index (χ3v) is 15.6. The zero-order valence-electron chi connectivity index (χ0n) is 37.5. The van der Waals surface area contributed by atoms with E-state index in [4.69, 9.17) is 33.4 Å². The van der Waals surface area contributed by atoms with E-state index in [2.05, 4.69) is 57.7 Å². The Bertz CT molecular complexity index is 2730. The second kappa shape index (κ2) is 22.7. The number of benzene rings is 2. The third-order valence-electron chi connectivity index (χ3n) is 11.2. The zero-order valence-corrected chi connectivity index (χ0v) is 40.7. The number of aromatic nitrogens is 4. The van der Waals surface area contributed by atoms with Crippen molar-refractivity contribution < 1.29 is 43.6 Å². The van der Waals surface area contributed by atoms with Crippen LogP contribution in [0.3, 0.4) is 0 Å². The molecule has 0 amide bonds. The second-order valence-corrected chi connectivity index (χ2v) is 20.8. The first-order valence-corrected chi connectivity index (χ1v) is 24.9. The molecular weight excluding hydrogens is 978 g/mol. The number of alkyl halides is 2. The van der Waals surface area contributed by atoms with Gasteiger partial charge in [-0.05, 0) is 88.4 Å². The number of pyridine rings is 2. The van der Waals surface area contributed by atoms with Crippen molar-refractivity contribution in [1.29, 1.82) is 0 Å². The summed E-state index contributed by atoms with van der Waals surface area (Å²) >= 11 is 11.9. The van der Waals surface area contributed by atoms with Gasteiger partial charge in [0, 0.05) is 82.4 Å². The van der Waals surface area contributed by atoms with Crippen LogP contribution in [0, 0.1) is 11.6 Å². The molecule has 0 saturated carbocycles. The van der Waals surface area contributed by atoms with Crippen LogP contribution in [0.25, 0.3) is 11.5 Å². The molecule has 2 aromatic carbocycles. The number of rotatable bonds is 16. The predicted molar refractivity (Wildman–Crippen MR) is 250 cm³/mol. The lowest BCUT2D eigenvalue weighted by atomic mass is 10.2. The van der Waals surface area contributed by atoms with E-state index in [-0.39, 0.29) is 52.7 Å². The minimum atomic E-state index is -4.03. The molecule has 2 aliphatic rings. The summed E-state index contributed by atoms with van der Waals surface area (Å²) in [5.74, 6) is -2.52. The number of carbonyl (C=O) groups excluding carboxylic acids is 1. The lowest BCUT2D eigenvalue weighted by Gasteiger charge is -2.38. The van der Waals surface area contributed by atoms with Crippen molar-refractivity contribution in [2.24, 2.45) is 5.73 Å². The first-order valence-electron chi connectivity index (χ1n) is 21.4. The number of Topliss-reactive ketones (excluding diaryl/α,β-unsaturated/α-hetero) is 1. The van der Waals surface area contributed by atoms with Gasteiger partial charge >= 0.3 is 26.8 Å². The Labute approximate surface area is 402 Å². The van der Waals surface area contributed by atoms with Gasteiger partial charge in [0.05, 0.1) is 58.0 Å². The highest BCUT2D eigenvalue weighted by molar-refractivity contribution is 7.90. The number of hydrogen-bond acceptors (Lipinski definition) is 13. The van der Waals surface area contributed by atoms with E-state index in [1.54, 1.807) is 12.1 Å². The average Bonchev–Trinajstić information content (AvgIpc) is 3.83. The van der Waals surface area contributed by atoms with E-state index in [1.807, 2.05) is 0 Å². The SMILES string of the molecule is CC(C)N1CCN(S(=O)(=O)N(Cc2ccc(-c3nnc(C(F)F)o3)cn2)c2ccc(F)c(Cl)c2)CC1.CC(C)N1CCN(S(=O)(=O)N(Cc2ccc(C(=O)CN)cn2)c2ccc(F)c(Cl)c2)CC1. The summed E-state index contributed by atoms with van der Waals surface area (Å²) in [5, 5.41) is 6.47. The van der Waals surface area contributed by atoms with Crippen molar-refractivity contribution in [3.63, 3.8) is 0 Å². The third kappa shape index (κ3) is 12.7. The van der Waals surface area contributed by atoms with Crippen LogP contribution in [-0.2, 0) is 33.5 Å². The summed E-state index contributed by atoms with van der Waals surface area (Å²) in [7, 11) is -7.98. The van der Waals surface area contributed by atoms with Gasteiger partial charge in [-0.15, -0.1) is 10.2 Å². The molecule has 2 N–H and O–H groups in total. The van der Waals surface area contributed by atoms with Crippen LogP contribution in [0.2, 0.25) is 10.0 Å². The number of ketones is 1. The molecule has 3 aromatic heterocycles. The molecule has 368 valence electrons. The van der Waals surface area contributed by atoms with Crippen LogP contribution in [0.15, 0.2) is 77.5 Å². The molecule has 0 unspecified atom stereocenters. The molecule has 7 rings (SSSR count). The molecule has 25 heteroatoms. The van der Waals surface area contributed by atoms with Gasteiger partial charge in [0.1, 0.15) is 11.6 Å². The smallest absolute Gasteiger partial charge is 0.314 e. The first-order chi connectivity index (χ1) is 32.2. The number of halogens is 6. The van der Waals surface area contributed by atoms with Crippen LogP contribution < -0.4 is 14.3 Å². The largest absolute Gasteiger partial charge is 0.415 e. The molecule has 2 aliphatic heterocycles. The van der Waals surface area contributed by atoms with Gasteiger partial charge in [-0.25, -0.2) is 8.78 Å². The summed E-state index contributed by atoms with van der Waals surface area (Å²) in [6.45, 7) is 11.5. The summed E-state index contributed by atoms with van der Waals surface area (Å²) in [6.07, 6.45) is -0.210. The normalized spacial score (nSPS) is 15.7. The summed E-state index contributed by atoms with van der Waals surface area (Å²) in [6, 6.07) is 14.2. The van der Waals surface area contributed by atoms with Crippen molar-refractivity contribution >= 4 is 60.8 Å². The Morgan fingerprint density at radius 1 is 0.691 bits per heavy atom. The number of hydrogen-bond donors (Lipinski definition) is 1. The van der Waals surface area contributed by atoms with Crippen LogP contribution in [0.1, 0.15) is 61.8 Å². The highest BCUT2D eigenvalue weighted by atomic mass is 35.5. The van der Waals surface area contributed by atoms with E-state index in [0.29, 0.717) is 87.0 Å². The van der Waals surface area contributed by atoms with Crippen LogP contribution in [0.5, 0.6) is 0 Å². The molecule has 2 fully saturated rings. The standard InChI is InChI=1S/C22H24ClF3N6O3S.C21H27ClFN5O3S/c1-14(2)30-7-9-31(10-8-30)36(33,34)32(17-5-6-19(24)18(23)11-17)13-16-4-3-15(12-27-16)21-28-29-22(35-21)20(25)26;1-15(2)26-7-9-27(10-8-26)32(30,31)28(18-5-6-20(23)19(22)11-18)14-17-4-3-16(13-25-17)21(29)12-24/h3-6,11-12,14,20H,7-10,13H2,1-2H3;3-6,11,13,15H,7-10,12,14,24H2,1-2H3. The highest BCUT2D eigenvalue weighted by Gasteiger charge is 2.36. The zero-order chi connectivity index (χ0) is 49.5. The fourth-order valence-electron chi connectivity index (χ4n) is 7.25. The Morgan fingerprint density at radius 2 is 1.15 bits per heavy atom. The fraction of sp³-hybridized carbons (Fsp3) is 0.419. The number of piperazine rings is 2. The van der Waals surface area contributed by atoms with Gasteiger partial charge in [0.25, 0.3) is 5.89 Å². The molecule has 0 aliphatic carbocycles. The maximum absolute atomic E-state index is 13.8. The average molecular weight is 1030 g/mol. The van der Waals surface area contributed by atoms with Crippen molar-refractivity contribution in [2.45, 2.75) is 59.3 Å². The van der Waals surface area contributed by atoms with Gasteiger partial charge in [-0.2, -0.15) is 34.2 Å². The Balaban J connectivity index is 0.000000226. The maximum atomic E-state index is 13.8. The lowest BCUT2D eigenvalue weighted by Crippen LogP contribution is -2.54. The highest BCUT2D eigenvalue weighted by Crippen LogP contribution is 2.31. The number of nitrogens with two attached hydrogens (primary N) is 1. The molecule has 0 radical (unpaired) electrons. The van der Waals surface area contributed by atoms with Crippen LogP contribution in [0.4, 0.5) is 28.9 Å². The van der Waals surface area contributed by atoms with Crippen LogP contribution in [-0.4, -0.2) is 132 Å².